The second-order valence-corrected chi connectivity index (χ2v) is 13.7. The normalized spacial score (nSPS) is 13.2. The highest BCUT2D eigenvalue weighted by Crippen LogP contribution is 2.58. The number of nitrogens with zero attached hydrogens (tertiary/aromatic N) is 3. The molecule has 242 valence electrons. The second-order valence-electron chi connectivity index (χ2n) is 13.7. The van der Waals surface area contributed by atoms with E-state index in [-0.39, 0.29) is 0 Å². The third-order valence-corrected chi connectivity index (χ3v) is 11.1. The molecular weight excluding hydrogens is 631 g/mol. The van der Waals surface area contributed by atoms with Gasteiger partial charge in [-0.2, -0.15) is 0 Å². The average Bonchev–Trinajstić information content (AvgIpc) is 3.56. The van der Waals surface area contributed by atoms with Crippen LogP contribution in [0.15, 0.2) is 188 Å². The molecule has 52 heavy (non-hydrogen) atoms. The largest absolute Gasteiger partial charge is 0.278 e. The third-order valence-electron chi connectivity index (χ3n) is 11.1. The Kier molecular flexibility index (Phi) is 6.17. The number of para-hydroxylation sites is 2. The van der Waals surface area contributed by atoms with Crippen molar-refractivity contribution in [1.82, 2.24) is 14.5 Å². The van der Waals surface area contributed by atoms with Crippen molar-refractivity contribution in [1.29, 1.82) is 0 Å². The summed E-state index contributed by atoms with van der Waals surface area (Å²) in [6.45, 7) is 0. The monoisotopic (exact) mass is 661 g/mol. The third kappa shape index (κ3) is 3.91. The molecule has 0 bridgehead atoms. The highest BCUT2D eigenvalue weighted by atomic mass is 15.2. The summed E-state index contributed by atoms with van der Waals surface area (Å²) in [5, 5.41) is 5.91. The van der Waals surface area contributed by atoms with Gasteiger partial charge in [-0.25, -0.2) is 9.97 Å². The minimum absolute atomic E-state index is 0.656. The van der Waals surface area contributed by atoms with Gasteiger partial charge in [-0.15, -0.1) is 0 Å². The van der Waals surface area contributed by atoms with Gasteiger partial charge >= 0.3 is 0 Å². The van der Waals surface area contributed by atoms with Gasteiger partial charge in [0.2, 0.25) is 5.95 Å². The molecular formula is C49H31N3. The first-order valence-corrected chi connectivity index (χ1v) is 17.9. The first kappa shape index (κ1) is 28.9. The average molecular weight is 662 g/mol. The smallest absolute Gasteiger partial charge is 0.235 e. The SMILES string of the molecule is c1ccc(-c2nc(-n3c4ccccc4c4ccc5c(c43)C(c3ccccc3)(c3ccccc3)c3cccc4cccc-5c34)nc3ccccc23)cc1. The molecule has 10 aromatic rings. The molecule has 0 spiro atoms. The van der Waals surface area contributed by atoms with Crippen LogP contribution in [0, 0.1) is 0 Å². The van der Waals surface area contributed by atoms with E-state index in [1.54, 1.807) is 0 Å². The lowest BCUT2D eigenvalue weighted by molar-refractivity contribution is 0.752. The Morgan fingerprint density at radius 3 is 1.83 bits per heavy atom. The standard InChI is InChI=1S/C49H31N3/c1-4-16-33(17-5-1)46-40-25-10-12-28-42(40)50-48(51-46)52-43-29-13-11-24-36(43)39-31-30-38-37-26-14-18-32-19-15-27-41(44(32)37)49(45(38)47(39)52,34-20-6-2-7-21-34)35-22-8-3-9-23-35/h1-31H. The van der Waals surface area contributed by atoms with Crippen LogP contribution in [0.4, 0.5) is 0 Å². The maximum Gasteiger partial charge on any atom is 0.235 e. The molecule has 0 amide bonds. The first-order valence-electron chi connectivity index (χ1n) is 17.9. The fraction of sp³-hybridized carbons (Fsp3) is 0.0204. The van der Waals surface area contributed by atoms with Gasteiger partial charge in [-0.3, -0.25) is 4.57 Å². The minimum Gasteiger partial charge on any atom is -0.278 e. The minimum atomic E-state index is -0.656. The lowest BCUT2D eigenvalue weighted by Crippen LogP contribution is -2.34. The van der Waals surface area contributed by atoms with Crippen LogP contribution in [0.25, 0.3) is 71.8 Å². The van der Waals surface area contributed by atoms with Crippen molar-refractivity contribution in [3.8, 4) is 28.3 Å². The van der Waals surface area contributed by atoms with E-state index in [9.17, 15) is 0 Å². The molecule has 3 heteroatoms. The summed E-state index contributed by atoms with van der Waals surface area (Å²) in [5.41, 5.74) is 11.9. The number of fused-ring (bicyclic) bond motifs is 7. The molecule has 0 unspecified atom stereocenters. The van der Waals surface area contributed by atoms with Crippen molar-refractivity contribution < 1.29 is 0 Å². The van der Waals surface area contributed by atoms with E-state index in [1.165, 1.54) is 54.9 Å². The zero-order valence-electron chi connectivity index (χ0n) is 28.2. The number of hydrogen-bond donors (Lipinski definition) is 0. The Balaban J connectivity index is 1.40. The molecule has 2 aromatic heterocycles. The lowest BCUT2D eigenvalue weighted by Gasteiger charge is -2.42. The predicted octanol–water partition coefficient (Wildman–Crippen LogP) is 11.9. The zero-order valence-corrected chi connectivity index (χ0v) is 28.2. The summed E-state index contributed by atoms with van der Waals surface area (Å²) in [6.07, 6.45) is 0. The highest BCUT2D eigenvalue weighted by molar-refractivity contribution is 6.15. The van der Waals surface area contributed by atoms with Crippen molar-refractivity contribution >= 4 is 43.5 Å². The van der Waals surface area contributed by atoms with E-state index >= 15 is 0 Å². The van der Waals surface area contributed by atoms with E-state index in [2.05, 4.69) is 193 Å². The van der Waals surface area contributed by atoms with E-state index in [0.717, 1.165) is 33.2 Å². The van der Waals surface area contributed by atoms with Gasteiger partial charge in [-0.1, -0.05) is 176 Å². The number of hydrogen-bond acceptors (Lipinski definition) is 2. The number of rotatable bonds is 4. The van der Waals surface area contributed by atoms with Crippen LogP contribution in [0.3, 0.4) is 0 Å². The quantitative estimate of drug-likeness (QED) is 0.188. The van der Waals surface area contributed by atoms with Gasteiger partial charge in [0.15, 0.2) is 0 Å². The predicted molar refractivity (Wildman–Crippen MR) is 214 cm³/mol. The Morgan fingerprint density at radius 1 is 0.442 bits per heavy atom. The molecule has 0 atom stereocenters. The van der Waals surface area contributed by atoms with Crippen molar-refractivity contribution in [2.45, 2.75) is 5.41 Å². The van der Waals surface area contributed by atoms with E-state index < -0.39 is 5.41 Å². The lowest BCUT2D eigenvalue weighted by atomic mass is 9.59. The molecule has 1 aliphatic rings. The molecule has 8 aromatic carbocycles. The molecule has 2 heterocycles. The Bertz CT molecular complexity index is 2950. The maximum absolute atomic E-state index is 5.49. The van der Waals surface area contributed by atoms with E-state index in [4.69, 9.17) is 9.97 Å². The van der Waals surface area contributed by atoms with E-state index in [1.807, 2.05) is 0 Å². The van der Waals surface area contributed by atoms with Crippen LogP contribution in [-0.4, -0.2) is 14.5 Å². The molecule has 0 radical (unpaired) electrons. The second kappa shape index (κ2) is 11.1. The van der Waals surface area contributed by atoms with Gasteiger partial charge in [-0.05, 0) is 50.7 Å². The molecule has 1 aliphatic carbocycles. The van der Waals surface area contributed by atoms with Gasteiger partial charge in [0, 0.05) is 27.3 Å². The van der Waals surface area contributed by atoms with Gasteiger partial charge in [0.25, 0.3) is 0 Å². The molecule has 0 saturated heterocycles. The van der Waals surface area contributed by atoms with Crippen LogP contribution >= 0.6 is 0 Å². The van der Waals surface area contributed by atoms with Crippen LogP contribution in [0.5, 0.6) is 0 Å². The highest BCUT2D eigenvalue weighted by Gasteiger charge is 2.46. The van der Waals surface area contributed by atoms with Crippen LogP contribution in [0.1, 0.15) is 22.3 Å². The molecule has 0 N–H and O–H groups in total. The molecule has 0 aliphatic heterocycles. The summed E-state index contributed by atoms with van der Waals surface area (Å²) < 4.78 is 2.34. The van der Waals surface area contributed by atoms with Gasteiger partial charge in [0.1, 0.15) is 0 Å². The molecule has 3 nitrogen and oxygen atoms in total. The van der Waals surface area contributed by atoms with Crippen LogP contribution < -0.4 is 0 Å². The first-order chi connectivity index (χ1) is 25.8. The van der Waals surface area contributed by atoms with Crippen molar-refractivity contribution in [2.75, 3.05) is 0 Å². The maximum atomic E-state index is 5.49. The number of benzene rings is 8. The Morgan fingerprint density at radius 2 is 1.08 bits per heavy atom. The Labute approximate surface area is 301 Å². The van der Waals surface area contributed by atoms with Gasteiger partial charge in [0.05, 0.1) is 27.7 Å². The van der Waals surface area contributed by atoms with E-state index in [0.29, 0.717) is 5.95 Å². The summed E-state index contributed by atoms with van der Waals surface area (Å²) in [5.74, 6) is 0.657. The molecule has 0 fully saturated rings. The molecule has 0 saturated carbocycles. The van der Waals surface area contributed by atoms with Gasteiger partial charge < -0.3 is 0 Å². The van der Waals surface area contributed by atoms with Crippen molar-refractivity contribution in [3.63, 3.8) is 0 Å². The van der Waals surface area contributed by atoms with Crippen LogP contribution in [-0.2, 0) is 5.41 Å². The summed E-state index contributed by atoms with van der Waals surface area (Å²) >= 11 is 0. The summed E-state index contributed by atoms with van der Waals surface area (Å²) in [6, 6.07) is 67.9. The summed E-state index contributed by atoms with van der Waals surface area (Å²) in [4.78, 5) is 10.9. The number of aromatic nitrogens is 3. The summed E-state index contributed by atoms with van der Waals surface area (Å²) in [7, 11) is 0. The fourth-order valence-corrected chi connectivity index (χ4v) is 9.01. The van der Waals surface area contributed by atoms with Crippen molar-refractivity contribution in [3.05, 3.63) is 210 Å². The topological polar surface area (TPSA) is 30.7 Å². The van der Waals surface area contributed by atoms with Crippen molar-refractivity contribution in [2.24, 2.45) is 0 Å². The molecule has 11 rings (SSSR count). The fourth-order valence-electron chi connectivity index (χ4n) is 9.01. The van der Waals surface area contributed by atoms with Crippen LogP contribution in [0.2, 0.25) is 0 Å². The Hall–Kier alpha value is -6.84. The zero-order chi connectivity index (χ0) is 34.2.